The fourth-order valence-electron chi connectivity index (χ4n) is 1.93. The molecule has 2 amide bonds. The van der Waals surface area contributed by atoms with Crippen LogP contribution in [0, 0.1) is 17.2 Å². The maximum absolute atomic E-state index is 12.0. The van der Waals surface area contributed by atoms with Crippen LogP contribution in [0.5, 0.6) is 0 Å². The summed E-state index contributed by atoms with van der Waals surface area (Å²) < 4.78 is 0. The van der Waals surface area contributed by atoms with Crippen LogP contribution in [0.3, 0.4) is 0 Å². The van der Waals surface area contributed by atoms with E-state index in [1.807, 2.05) is 19.9 Å². The summed E-state index contributed by atoms with van der Waals surface area (Å²) in [6.45, 7) is 5.90. The lowest BCUT2D eigenvalue weighted by atomic mass is 10.2. The number of nitrogens with two attached hydrogens (primary N) is 1. The average Bonchev–Trinajstić information content (AvgIpc) is 2.53. The van der Waals surface area contributed by atoms with Crippen molar-refractivity contribution in [1.29, 1.82) is 5.26 Å². The van der Waals surface area contributed by atoms with Crippen LogP contribution in [-0.2, 0) is 0 Å². The molecule has 1 aromatic heterocycles. The van der Waals surface area contributed by atoms with Gasteiger partial charge in [0, 0.05) is 25.4 Å². The van der Waals surface area contributed by atoms with Crippen LogP contribution in [0.4, 0.5) is 10.6 Å². The highest BCUT2D eigenvalue weighted by atomic mass is 16.2. The molecule has 8 nitrogen and oxygen atoms in total. The summed E-state index contributed by atoms with van der Waals surface area (Å²) in [5, 5.41) is 13.3. The van der Waals surface area contributed by atoms with Crippen LogP contribution >= 0.6 is 0 Å². The van der Waals surface area contributed by atoms with Gasteiger partial charge in [0.2, 0.25) is 5.82 Å². The highest BCUT2D eigenvalue weighted by molar-refractivity contribution is 5.75. The van der Waals surface area contributed by atoms with Crippen molar-refractivity contribution in [3.63, 3.8) is 0 Å². The van der Waals surface area contributed by atoms with Crippen molar-refractivity contribution in [3.8, 4) is 6.07 Å². The molecule has 4 N–H and O–H groups in total. The van der Waals surface area contributed by atoms with Gasteiger partial charge in [0.25, 0.3) is 0 Å². The monoisotopic (exact) mass is 319 g/mol. The molecule has 23 heavy (non-hydrogen) atoms. The van der Waals surface area contributed by atoms with Crippen LogP contribution in [0.1, 0.15) is 38.9 Å². The molecular weight excluding hydrogens is 294 g/mol. The molecule has 0 aliphatic heterocycles. The van der Waals surface area contributed by atoms with Gasteiger partial charge in [-0.3, -0.25) is 5.01 Å². The molecule has 0 radical (unpaired) electrons. The Morgan fingerprint density at radius 3 is 2.87 bits per heavy atom. The number of unbranched alkanes of at least 4 members (excludes halogenated alkanes) is 2. The zero-order valence-electron chi connectivity index (χ0n) is 13.7. The fraction of sp³-hybridized carbons (Fsp3) is 0.600. The number of amides is 2. The second kappa shape index (κ2) is 10.3. The average molecular weight is 319 g/mol. The van der Waals surface area contributed by atoms with E-state index in [2.05, 4.69) is 20.7 Å². The number of urea groups is 1. The molecule has 0 aromatic carbocycles. The Bertz CT molecular complexity index is 527. The first-order valence-corrected chi connectivity index (χ1v) is 7.82. The van der Waals surface area contributed by atoms with Crippen molar-refractivity contribution in [3.05, 3.63) is 18.1 Å². The van der Waals surface area contributed by atoms with Gasteiger partial charge in [-0.05, 0) is 25.3 Å². The van der Waals surface area contributed by atoms with E-state index < -0.39 is 0 Å². The van der Waals surface area contributed by atoms with Gasteiger partial charge in [-0.2, -0.15) is 10.2 Å². The maximum atomic E-state index is 12.0. The summed E-state index contributed by atoms with van der Waals surface area (Å²) in [4.78, 5) is 20.0. The Labute approximate surface area is 137 Å². The molecular formula is C15H25N7O. The van der Waals surface area contributed by atoms with E-state index in [4.69, 9.17) is 11.0 Å². The van der Waals surface area contributed by atoms with E-state index in [-0.39, 0.29) is 11.9 Å². The molecule has 0 saturated heterocycles. The number of hydrogen-bond acceptors (Lipinski definition) is 6. The summed E-state index contributed by atoms with van der Waals surface area (Å²) in [6, 6.07) is 3.26. The summed E-state index contributed by atoms with van der Waals surface area (Å²) in [6.07, 6.45) is 4.34. The lowest BCUT2D eigenvalue weighted by Crippen LogP contribution is -2.49. The van der Waals surface area contributed by atoms with Gasteiger partial charge in [-0.15, -0.1) is 0 Å². The fourth-order valence-corrected chi connectivity index (χ4v) is 1.93. The van der Waals surface area contributed by atoms with Gasteiger partial charge < -0.3 is 11.1 Å². The molecule has 1 rings (SSSR count). The first-order valence-electron chi connectivity index (χ1n) is 7.82. The largest absolute Gasteiger partial charge is 0.337 e. The molecule has 8 heteroatoms. The molecule has 0 aliphatic rings. The number of carbonyl (C=O) groups is 1. The molecule has 0 unspecified atom stereocenters. The maximum Gasteiger partial charge on any atom is 0.333 e. The van der Waals surface area contributed by atoms with Crippen molar-refractivity contribution in [2.45, 2.75) is 33.1 Å². The van der Waals surface area contributed by atoms with E-state index in [1.165, 1.54) is 6.20 Å². The van der Waals surface area contributed by atoms with Gasteiger partial charge in [0.1, 0.15) is 6.07 Å². The second-order valence-electron chi connectivity index (χ2n) is 5.57. The standard InChI is InChI=1S/C15H25N7O/c1-12(2)11-22(14-6-9-18-13(10-17)20-14)21-15(23)19-8-5-3-4-7-16/h6,9,12H,3-5,7-8,11,16H2,1-2H3,(H2,19,21,23). The molecule has 0 spiro atoms. The normalized spacial score (nSPS) is 10.2. The molecule has 0 atom stereocenters. The number of aromatic nitrogens is 2. The third-order valence-corrected chi connectivity index (χ3v) is 2.97. The van der Waals surface area contributed by atoms with E-state index in [1.54, 1.807) is 11.1 Å². The molecule has 0 aliphatic carbocycles. The Morgan fingerprint density at radius 2 is 2.22 bits per heavy atom. The van der Waals surface area contributed by atoms with Crippen molar-refractivity contribution in [1.82, 2.24) is 20.7 Å². The highest BCUT2D eigenvalue weighted by Crippen LogP contribution is 2.09. The van der Waals surface area contributed by atoms with Gasteiger partial charge in [0.05, 0.1) is 0 Å². The number of anilines is 1. The van der Waals surface area contributed by atoms with Crippen molar-refractivity contribution < 1.29 is 4.79 Å². The molecule has 0 saturated carbocycles. The van der Waals surface area contributed by atoms with Crippen LogP contribution in [0.15, 0.2) is 12.3 Å². The molecule has 126 valence electrons. The lowest BCUT2D eigenvalue weighted by Gasteiger charge is -2.26. The van der Waals surface area contributed by atoms with Gasteiger partial charge in [-0.1, -0.05) is 20.3 Å². The van der Waals surface area contributed by atoms with E-state index >= 15 is 0 Å². The predicted octanol–water partition coefficient (Wildman–Crippen LogP) is 1.15. The smallest absolute Gasteiger partial charge is 0.333 e. The first kappa shape index (κ1) is 18.6. The van der Waals surface area contributed by atoms with E-state index in [9.17, 15) is 4.79 Å². The second-order valence-corrected chi connectivity index (χ2v) is 5.57. The SMILES string of the molecule is CC(C)CN(NC(=O)NCCCCCN)c1ccnc(C#N)n1. The minimum Gasteiger partial charge on any atom is -0.337 e. The Hall–Kier alpha value is -2.40. The summed E-state index contributed by atoms with van der Waals surface area (Å²) in [5.74, 6) is 0.865. The predicted molar refractivity (Wildman–Crippen MR) is 88.4 cm³/mol. The number of nitriles is 1. The van der Waals surface area contributed by atoms with Gasteiger partial charge in [-0.25, -0.2) is 15.2 Å². The topological polar surface area (TPSA) is 120 Å². The van der Waals surface area contributed by atoms with Crippen LogP contribution < -0.4 is 21.5 Å². The summed E-state index contributed by atoms with van der Waals surface area (Å²) in [7, 11) is 0. The van der Waals surface area contributed by atoms with E-state index in [0.29, 0.717) is 31.4 Å². The zero-order chi connectivity index (χ0) is 17.1. The third kappa shape index (κ3) is 7.42. The van der Waals surface area contributed by atoms with Crippen LogP contribution in [0.2, 0.25) is 0 Å². The Balaban J connectivity index is 2.60. The number of carbonyl (C=O) groups excluding carboxylic acids is 1. The highest BCUT2D eigenvalue weighted by Gasteiger charge is 2.14. The minimum absolute atomic E-state index is 0.0697. The van der Waals surface area contributed by atoms with Crippen molar-refractivity contribution in [2.24, 2.45) is 11.7 Å². The third-order valence-electron chi connectivity index (χ3n) is 2.97. The quantitative estimate of drug-likeness (QED) is 0.464. The number of hydrazine groups is 1. The van der Waals surface area contributed by atoms with Crippen molar-refractivity contribution in [2.75, 3.05) is 24.6 Å². The summed E-state index contributed by atoms with van der Waals surface area (Å²) in [5.41, 5.74) is 8.20. The van der Waals surface area contributed by atoms with Crippen molar-refractivity contribution >= 4 is 11.8 Å². The molecule has 1 aromatic rings. The number of nitrogens with one attached hydrogen (secondary N) is 2. The molecule has 0 bridgehead atoms. The zero-order valence-corrected chi connectivity index (χ0v) is 13.7. The minimum atomic E-state index is -0.296. The first-order chi connectivity index (χ1) is 11.1. The van der Waals surface area contributed by atoms with E-state index in [0.717, 1.165) is 19.3 Å². The molecule has 0 fully saturated rings. The lowest BCUT2D eigenvalue weighted by molar-refractivity contribution is 0.239. The molecule has 1 heterocycles. The van der Waals surface area contributed by atoms with Gasteiger partial charge >= 0.3 is 6.03 Å². The summed E-state index contributed by atoms with van der Waals surface area (Å²) >= 11 is 0. The number of hydrogen-bond donors (Lipinski definition) is 3. The Kier molecular flexibility index (Phi) is 8.39. The Morgan fingerprint density at radius 1 is 1.43 bits per heavy atom. The van der Waals surface area contributed by atoms with Crippen LogP contribution in [0.25, 0.3) is 0 Å². The number of nitrogens with zero attached hydrogens (tertiary/aromatic N) is 4. The van der Waals surface area contributed by atoms with Crippen LogP contribution in [-0.4, -0.2) is 35.6 Å². The van der Waals surface area contributed by atoms with Gasteiger partial charge in [0.15, 0.2) is 5.82 Å². The number of rotatable bonds is 9.